The molecule has 1 aliphatic rings. The Balaban J connectivity index is 1.65. The maximum absolute atomic E-state index is 13.3. The molecule has 1 aliphatic heterocycles. The van der Waals surface area contributed by atoms with Gasteiger partial charge in [0.2, 0.25) is 15.9 Å². The van der Waals surface area contributed by atoms with Crippen LogP contribution in [0.15, 0.2) is 53.4 Å². The minimum atomic E-state index is -3.82. The number of anilines is 1. The van der Waals surface area contributed by atoms with Gasteiger partial charge in [-0.2, -0.15) is 4.31 Å². The van der Waals surface area contributed by atoms with E-state index in [0.29, 0.717) is 11.4 Å². The van der Waals surface area contributed by atoms with Crippen LogP contribution in [0, 0.1) is 0 Å². The minimum Gasteiger partial charge on any atom is -0.444 e. The van der Waals surface area contributed by atoms with E-state index in [1.54, 1.807) is 51.1 Å². The van der Waals surface area contributed by atoms with Crippen LogP contribution in [-0.2, 0) is 31.5 Å². The quantitative estimate of drug-likeness (QED) is 0.557. The van der Waals surface area contributed by atoms with Gasteiger partial charge in [-0.15, -0.1) is 11.8 Å². The second-order valence-electron chi connectivity index (χ2n) is 10.7. The molecule has 2 amide bonds. The number of nitrogens with zero attached hydrogens (tertiary/aromatic N) is 1. The van der Waals surface area contributed by atoms with Gasteiger partial charge in [-0.1, -0.05) is 45.0 Å². The summed E-state index contributed by atoms with van der Waals surface area (Å²) in [5.41, 5.74) is 1.62. The summed E-state index contributed by atoms with van der Waals surface area (Å²) in [7, 11) is -3.82. The van der Waals surface area contributed by atoms with E-state index in [0.717, 1.165) is 11.1 Å². The molecule has 1 heterocycles. The highest BCUT2D eigenvalue weighted by Gasteiger charge is 2.40. The molecule has 196 valence electrons. The molecule has 1 fully saturated rings. The summed E-state index contributed by atoms with van der Waals surface area (Å²) in [6.45, 7) is 12.0. The molecule has 2 aromatic carbocycles. The predicted octanol–water partition coefficient (Wildman–Crippen LogP) is 4.71. The first-order valence-electron chi connectivity index (χ1n) is 11.8. The fourth-order valence-electron chi connectivity index (χ4n) is 3.63. The molecular formula is C26H35N3O5S2. The Labute approximate surface area is 218 Å². The van der Waals surface area contributed by atoms with Crippen LogP contribution in [0.2, 0.25) is 0 Å². The molecule has 1 saturated heterocycles. The number of thioether (sulfide) groups is 1. The Morgan fingerprint density at radius 2 is 1.72 bits per heavy atom. The molecular weight excluding hydrogens is 498 g/mol. The molecule has 0 saturated carbocycles. The van der Waals surface area contributed by atoms with Crippen LogP contribution >= 0.6 is 11.8 Å². The van der Waals surface area contributed by atoms with Crippen molar-refractivity contribution < 1.29 is 22.7 Å². The highest BCUT2D eigenvalue weighted by molar-refractivity contribution is 8.02. The molecule has 0 radical (unpaired) electrons. The average molecular weight is 534 g/mol. The Kier molecular flexibility index (Phi) is 8.42. The molecule has 0 aliphatic carbocycles. The third-order valence-corrected chi connectivity index (χ3v) is 8.65. The van der Waals surface area contributed by atoms with Crippen LogP contribution in [0.4, 0.5) is 10.5 Å². The number of amides is 2. The first-order chi connectivity index (χ1) is 16.7. The zero-order valence-electron chi connectivity index (χ0n) is 21.6. The molecule has 2 N–H and O–H groups in total. The number of sulfonamides is 1. The summed E-state index contributed by atoms with van der Waals surface area (Å²) in [6, 6.07) is 13.9. The number of hydrogen-bond acceptors (Lipinski definition) is 6. The lowest BCUT2D eigenvalue weighted by Crippen LogP contribution is -2.44. The van der Waals surface area contributed by atoms with E-state index in [-0.39, 0.29) is 29.3 Å². The number of benzene rings is 2. The van der Waals surface area contributed by atoms with Crippen LogP contribution in [0.5, 0.6) is 0 Å². The zero-order valence-corrected chi connectivity index (χ0v) is 23.3. The number of carbonyl (C=O) groups excluding carboxylic acids is 2. The molecule has 0 spiro atoms. The van der Waals surface area contributed by atoms with Gasteiger partial charge < -0.3 is 10.1 Å². The maximum Gasteiger partial charge on any atom is 0.412 e. The lowest BCUT2D eigenvalue weighted by atomic mass is 9.87. The zero-order chi connectivity index (χ0) is 26.7. The molecule has 1 atom stereocenters. The van der Waals surface area contributed by atoms with Crippen LogP contribution in [-0.4, -0.2) is 48.0 Å². The van der Waals surface area contributed by atoms with E-state index < -0.39 is 27.1 Å². The summed E-state index contributed by atoms with van der Waals surface area (Å²) in [5.74, 6) is 0.157. The van der Waals surface area contributed by atoms with Crippen LogP contribution in [0.3, 0.4) is 0 Å². The largest absolute Gasteiger partial charge is 0.444 e. The molecule has 1 unspecified atom stereocenters. The fourth-order valence-corrected chi connectivity index (χ4v) is 6.73. The second-order valence-corrected chi connectivity index (χ2v) is 13.7. The van der Waals surface area contributed by atoms with E-state index in [1.165, 1.54) is 16.1 Å². The van der Waals surface area contributed by atoms with E-state index in [1.807, 2.05) is 18.2 Å². The van der Waals surface area contributed by atoms with Crippen LogP contribution < -0.4 is 10.6 Å². The topological polar surface area (TPSA) is 105 Å². The summed E-state index contributed by atoms with van der Waals surface area (Å²) < 4.78 is 33.2. The van der Waals surface area contributed by atoms with Gasteiger partial charge in [0, 0.05) is 24.5 Å². The Morgan fingerprint density at radius 3 is 2.33 bits per heavy atom. The molecule has 36 heavy (non-hydrogen) atoms. The van der Waals surface area contributed by atoms with Crippen LogP contribution in [0.25, 0.3) is 0 Å². The third-order valence-electron chi connectivity index (χ3n) is 5.44. The molecule has 0 bridgehead atoms. The van der Waals surface area contributed by atoms with Crippen molar-refractivity contribution in [1.29, 1.82) is 0 Å². The maximum atomic E-state index is 13.3. The van der Waals surface area contributed by atoms with E-state index in [9.17, 15) is 18.0 Å². The second kappa shape index (κ2) is 10.8. The first kappa shape index (κ1) is 28.0. The number of rotatable bonds is 6. The predicted molar refractivity (Wildman–Crippen MR) is 143 cm³/mol. The third kappa shape index (κ3) is 7.24. The number of hydrogen-bond donors (Lipinski definition) is 2. The van der Waals surface area contributed by atoms with Gasteiger partial charge in [0.25, 0.3) is 0 Å². The summed E-state index contributed by atoms with van der Waals surface area (Å²) in [6.07, 6.45) is -0.567. The highest BCUT2D eigenvalue weighted by Crippen LogP contribution is 2.31. The van der Waals surface area contributed by atoms with E-state index in [2.05, 4.69) is 31.4 Å². The van der Waals surface area contributed by atoms with Crippen molar-refractivity contribution in [3.63, 3.8) is 0 Å². The van der Waals surface area contributed by atoms with Crippen molar-refractivity contribution in [2.45, 2.75) is 69.4 Å². The van der Waals surface area contributed by atoms with Crippen molar-refractivity contribution in [3.05, 3.63) is 59.7 Å². The van der Waals surface area contributed by atoms with Crippen molar-refractivity contribution in [3.8, 4) is 0 Å². The van der Waals surface area contributed by atoms with Crippen molar-refractivity contribution in [2.75, 3.05) is 17.6 Å². The number of nitrogens with one attached hydrogen (secondary N) is 2. The van der Waals surface area contributed by atoms with Gasteiger partial charge in [-0.3, -0.25) is 10.1 Å². The Hall–Kier alpha value is -2.56. The van der Waals surface area contributed by atoms with Crippen molar-refractivity contribution >= 4 is 39.5 Å². The lowest BCUT2D eigenvalue weighted by molar-refractivity contribution is -0.122. The monoisotopic (exact) mass is 533 g/mol. The SMILES string of the molecule is CC(C)(C)OC(=O)Nc1cccc(CNC(=O)C2SCCN2S(=O)(=O)c2ccc(C(C)(C)C)cc2)c1. The molecule has 10 heteroatoms. The Morgan fingerprint density at radius 1 is 1.06 bits per heavy atom. The van der Waals surface area contributed by atoms with E-state index in [4.69, 9.17) is 4.74 Å². The van der Waals surface area contributed by atoms with Gasteiger partial charge in [-0.05, 0) is 61.6 Å². The van der Waals surface area contributed by atoms with Gasteiger partial charge in [0.1, 0.15) is 11.0 Å². The first-order valence-corrected chi connectivity index (χ1v) is 14.3. The fraction of sp³-hybridized carbons (Fsp3) is 0.462. The van der Waals surface area contributed by atoms with Gasteiger partial charge >= 0.3 is 6.09 Å². The Bertz CT molecular complexity index is 1200. The number of ether oxygens (including phenoxy) is 1. The summed E-state index contributed by atoms with van der Waals surface area (Å²) in [4.78, 5) is 25.2. The molecule has 8 nitrogen and oxygen atoms in total. The van der Waals surface area contributed by atoms with Crippen molar-refractivity contribution in [1.82, 2.24) is 9.62 Å². The van der Waals surface area contributed by atoms with Gasteiger partial charge in [0.15, 0.2) is 0 Å². The standard InChI is InChI=1S/C26H35N3O5S2/c1-25(2,3)19-10-12-21(13-11-19)36(32,33)29-14-15-35-23(29)22(30)27-17-18-8-7-9-20(16-18)28-24(31)34-26(4,5)6/h7-13,16,23H,14-15,17H2,1-6H3,(H,27,30)(H,28,31). The minimum absolute atomic E-state index is 0.0893. The lowest BCUT2D eigenvalue weighted by Gasteiger charge is -2.24. The summed E-state index contributed by atoms with van der Waals surface area (Å²) in [5, 5.41) is 4.66. The molecule has 2 aromatic rings. The van der Waals surface area contributed by atoms with Gasteiger partial charge in [0.05, 0.1) is 4.90 Å². The number of carbonyl (C=O) groups is 2. The smallest absolute Gasteiger partial charge is 0.412 e. The van der Waals surface area contributed by atoms with Gasteiger partial charge in [-0.25, -0.2) is 13.2 Å². The molecule has 0 aromatic heterocycles. The van der Waals surface area contributed by atoms with Crippen molar-refractivity contribution in [2.24, 2.45) is 0 Å². The highest BCUT2D eigenvalue weighted by atomic mass is 32.2. The average Bonchev–Trinajstić information content (AvgIpc) is 3.27. The normalized spacial score (nSPS) is 17.0. The van der Waals surface area contributed by atoms with E-state index >= 15 is 0 Å². The molecule has 3 rings (SSSR count). The van der Waals surface area contributed by atoms with Crippen LogP contribution in [0.1, 0.15) is 52.7 Å². The summed E-state index contributed by atoms with van der Waals surface area (Å²) >= 11 is 1.30.